The van der Waals surface area contributed by atoms with Crippen molar-refractivity contribution in [1.82, 2.24) is 14.8 Å². The Morgan fingerprint density at radius 3 is 2.73 bits per heavy atom. The van der Waals surface area contributed by atoms with Gasteiger partial charge in [0.15, 0.2) is 16.8 Å². The molecule has 2 aromatic carbocycles. The van der Waals surface area contributed by atoms with Crippen LogP contribution in [0.15, 0.2) is 70.4 Å². The van der Waals surface area contributed by atoms with Gasteiger partial charge in [-0.25, -0.2) is 0 Å². The van der Waals surface area contributed by atoms with Gasteiger partial charge in [-0.15, -0.1) is 10.2 Å². The number of carbonyl (C=O) groups excluding carboxylic acids is 2. The third-order valence-corrected chi connectivity index (χ3v) is 6.79. The Hall–Kier alpha value is -3.65. The molecule has 166 valence electrons. The van der Waals surface area contributed by atoms with Gasteiger partial charge in [0.05, 0.1) is 30.0 Å². The van der Waals surface area contributed by atoms with E-state index in [2.05, 4.69) is 15.5 Å². The standard InChI is InChI=1S/C25H22N4O3S/c1-15-20-12-18(8-9-21(20)26-24(15)31)22(30)14-33-25-28-27-23(19-10-11-32-16(19)2)29(25)13-17-6-4-3-5-7-17/h3-12,15H,13-14H2,1-2H3,(H,26,31). The number of benzene rings is 2. The van der Waals surface area contributed by atoms with Gasteiger partial charge >= 0.3 is 0 Å². The van der Waals surface area contributed by atoms with Crippen LogP contribution in [0.3, 0.4) is 0 Å². The lowest BCUT2D eigenvalue weighted by Gasteiger charge is -2.10. The van der Waals surface area contributed by atoms with Crippen LogP contribution < -0.4 is 5.32 Å². The molecule has 3 heterocycles. The van der Waals surface area contributed by atoms with Crippen molar-refractivity contribution in [2.24, 2.45) is 0 Å². The Morgan fingerprint density at radius 1 is 1.15 bits per heavy atom. The number of anilines is 1. The lowest BCUT2D eigenvalue weighted by Crippen LogP contribution is -2.08. The smallest absolute Gasteiger partial charge is 0.231 e. The van der Waals surface area contributed by atoms with Crippen LogP contribution in [0.25, 0.3) is 11.4 Å². The summed E-state index contributed by atoms with van der Waals surface area (Å²) in [5.41, 5.74) is 4.21. The van der Waals surface area contributed by atoms with Crippen LogP contribution in [0.5, 0.6) is 0 Å². The van der Waals surface area contributed by atoms with E-state index >= 15 is 0 Å². The molecule has 33 heavy (non-hydrogen) atoms. The Kier molecular flexibility index (Phi) is 5.60. The second-order valence-corrected chi connectivity index (χ2v) is 8.94. The fourth-order valence-electron chi connectivity index (χ4n) is 3.92. The first kappa shape index (κ1) is 21.2. The zero-order valence-corrected chi connectivity index (χ0v) is 19.1. The number of aromatic nitrogens is 3. The average Bonchev–Trinajstić information content (AvgIpc) is 3.50. The number of carbonyl (C=O) groups is 2. The molecule has 1 N–H and O–H groups in total. The van der Waals surface area contributed by atoms with Gasteiger partial charge in [-0.05, 0) is 49.2 Å². The van der Waals surface area contributed by atoms with E-state index < -0.39 is 0 Å². The second-order valence-electron chi connectivity index (χ2n) is 7.99. The zero-order chi connectivity index (χ0) is 22.9. The molecule has 1 amide bonds. The third kappa shape index (κ3) is 4.09. The molecule has 1 atom stereocenters. The first-order valence-electron chi connectivity index (χ1n) is 10.6. The highest BCUT2D eigenvalue weighted by atomic mass is 32.2. The van der Waals surface area contributed by atoms with Crippen molar-refractivity contribution >= 4 is 29.1 Å². The van der Waals surface area contributed by atoms with Crippen molar-refractivity contribution in [3.05, 3.63) is 83.3 Å². The molecular formula is C25H22N4O3S. The van der Waals surface area contributed by atoms with Crippen LogP contribution in [0.4, 0.5) is 5.69 Å². The van der Waals surface area contributed by atoms with Crippen molar-refractivity contribution < 1.29 is 14.0 Å². The average molecular weight is 459 g/mol. The van der Waals surface area contributed by atoms with E-state index in [0.717, 1.165) is 28.1 Å². The molecule has 1 aliphatic rings. The van der Waals surface area contributed by atoms with Crippen molar-refractivity contribution in [2.45, 2.75) is 31.5 Å². The SMILES string of the molecule is Cc1occc1-c1nnc(SCC(=O)c2ccc3c(c2)C(C)C(=O)N3)n1Cc1ccccc1. The van der Waals surface area contributed by atoms with Gasteiger partial charge in [0.2, 0.25) is 5.91 Å². The van der Waals surface area contributed by atoms with E-state index in [0.29, 0.717) is 23.1 Å². The minimum absolute atomic E-state index is 0.0235. The molecule has 0 radical (unpaired) electrons. The molecular weight excluding hydrogens is 436 g/mol. The van der Waals surface area contributed by atoms with Crippen molar-refractivity contribution in [3.8, 4) is 11.4 Å². The number of fused-ring (bicyclic) bond motifs is 1. The molecule has 7 nitrogen and oxygen atoms in total. The van der Waals surface area contributed by atoms with Gasteiger partial charge < -0.3 is 9.73 Å². The van der Waals surface area contributed by atoms with Gasteiger partial charge in [-0.2, -0.15) is 0 Å². The van der Waals surface area contributed by atoms with Gasteiger partial charge in [0, 0.05) is 11.3 Å². The topological polar surface area (TPSA) is 90.0 Å². The number of amides is 1. The van der Waals surface area contributed by atoms with Crippen LogP contribution in [-0.2, 0) is 11.3 Å². The zero-order valence-electron chi connectivity index (χ0n) is 18.2. The van der Waals surface area contributed by atoms with Crippen LogP contribution >= 0.6 is 11.8 Å². The number of hydrogen-bond donors (Lipinski definition) is 1. The summed E-state index contributed by atoms with van der Waals surface area (Å²) in [6.45, 7) is 4.31. The molecule has 4 aromatic rings. The number of nitrogens with zero attached hydrogens (tertiary/aromatic N) is 3. The fourth-order valence-corrected chi connectivity index (χ4v) is 4.76. The van der Waals surface area contributed by atoms with E-state index in [1.807, 2.05) is 60.9 Å². The number of rotatable bonds is 7. The van der Waals surface area contributed by atoms with Gasteiger partial charge in [-0.1, -0.05) is 42.1 Å². The lowest BCUT2D eigenvalue weighted by molar-refractivity contribution is -0.116. The monoisotopic (exact) mass is 458 g/mol. The van der Waals surface area contributed by atoms with Crippen LogP contribution in [0.2, 0.25) is 0 Å². The Balaban J connectivity index is 1.40. The Morgan fingerprint density at radius 2 is 1.97 bits per heavy atom. The summed E-state index contributed by atoms with van der Waals surface area (Å²) in [4.78, 5) is 24.9. The summed E-state index contributed by atoms with van der Waals surface area (Å²) in [6.07, 6.45) is 1.64. The fraction of sp³-hybridized carbons (Fsp3) is 0.200. The quantitative estimate of drug-likeness (QED) is 0.312. The van der Waals surface area contributed by atoms with E-state index in [1.54, 1.807) is 18.4 Å². The maximum Gasteiger partial charge on any atom is 0.231 e. The van der Waals surface area contributed by atoms with Gasteiger partial charge in [0.25, 0.3) is 0 Å². The molecule has 0 saturated carbocycles. The molecule has 0 bridgehead atoms. The van der Waals surface area contributed by atoms with E-state index in [-0.39, 0.29) is 23.4 Å². The van der Waals surface area contributed by atoms with Crippen molar-refractivity contribution in [1.29, 1.82) is 0 Å². The molecule has 0 fully saturated rings. The summed E-state index contributed by atoms with van der Waals surface area (Å²) in [6, 6.07) is 17.3. The summed E-state index contributed by atoms with van der Waals surface area (Å²) >= 11 is 1.35. The second kappa shape index (κ2) is 8.71. The molecule has 0 saturated heterocycles. The van der Waals surface area contributed by atoms with Gasteiger partial charge in [-0.3, -0.25) is 14.2 Å². The number of Topliss-reactive ketones (excluding diaryl/α,β-unsaturated/α-hetero) is 1. The highest BCUT2D eigenvalue weighted by molar-refractivity contribution is 7.99. The summed E-state index contributed by atoms with van der Waals surface area (Å²) in [5.74, 6) is 1.36. The highest BCUT2D eigenvalue weighted by Crippen LogP contribution is 2.33. The van der Waals surface area contributed by atoms with E-state index in [1.165, 1.54) is 11.8 Å². The maximum absolute atomic E-state index is 13.0. The normalized spacial score (nSPS) is 14.8. The number of ketones is 1. The Labute approximate surface area is 195 Å². The van der Waals surface area contributed by atoms with E-state index in [9.17, 15) is 9.59 Å². The maximum atomic E-state index is 13.0. The minimum atomic E-state index is -0.255. The molecule has 0 aliphatic carbocycles. The Bertz CT molecular complexity index is 1340. The van der Waals surface area contributed by atoms with Gasteiger partial charge in [0.1, 0.15) is 5.76 Å². The first-order valence-corrected chi connectivity index (χ1v) is 11.6. The summed E-state index contributed by atoms with van der Waals surface area (Å²) in [7, 11) is 0. The largest absolute Gasteiger partial charge is 0.469 e. The molecule has 2 aromatic heterocycles. The molecule has 5 rings (SSSR count). The molecule has 1 unspecified atom stereocenters. The number of hydrogen-bond acceptors (Lipinski definition) is 6. The van der Waals surface area contributed by atoms with E-state index in [4.69, 9.17) is 4.42 Å². The number of aryl methyl sites for hydroxylation is 1. The molecule has 1 aliphatic heterocycles. The third-order valence-electron chi connectivity index (χ3n) is 5.82. The van der Waals surface area contributed by atoms with Crippen LogP contribution in [0.1, 0.15) is 40.1 Å². The number of thioether (sulfide) groups is 1. The summed E-state index contributed by atoms with van der Waals surface area (Å²) in [5, 5.41) is 12.3. The van der Waals surface area contributed by atoms with Crippen molar-refractivity contribution in [3.63, 3.8) is 0 Å². The van der Waals surface area contributed by atoms with Crippen molar-refractivity contribution in [2.75, 3.05) is 11.1 Å². The minimum Gasteiger partial charge on any atom is -0.469 e. The lowest BCUT2D eigenvalue weighted by atomic mass is 9.99. The predicted octanol–water partition coefficient (Wildman–Crippen LogP) is 4.93. The number of nitrogens with one attached hydrogen (secondary N) is 1. The van der Waals surface area contributed by atoms with Crippen LogP contribution in [-0.4, -0.2) is 32.2 Å². The van der Waals surface area contributed by atoms with Crippen LogP contribution in [0, 0.1) is 6.92 Å². The predicted molar refractivity (Wildman–Crippen MR) is 127 cm³/mol. The number of furan rings is 1. The first-order chi connectivity index (χ1) is 16.0. The highest BCUT2D eigenvalue weighted by Gasteiger charge is 2.27. The summed E-state index contributed by atoms with van der Waals surface area (Å²) < 4.78 is 7.48. The molecule has 0 spiro atoms. The molecule has 8 heteroatoms.